The van der Waals surface area contributed by atoms with Crippen LogP contribution in [0.15, 0.2) is 39.4 Å². The van der Waals surface area contributed by atoms with Gasteiger partial charge in [-0.2, -0.15) is 10.1 Å². The SMILES string of the molecule is O=C(NCc1nc(-c2ccc(Br)cc2)n[nH]1)Nc1ncc(Br)c(N2CCCC2)n1. The molecule has 3 heterocycles. The molecule has 1 aliphatic heterocycles. The largest absolute Gasteiger partial charge is 0.356 e. The molecule has 0 bridgehead atoms. The van der Waals surface area contributed by atoms with Crippen molar-refractivity contribution < 1.29 is 4.79 Å². The van der Waals surface area contributed by atoms with Gasteiger partial charge in [0.05, 0.1) is 11.0 Å². The van der Waals surface area contributed by atoms with Gasteiger partial charge in [-0.3, -0.25) is 10.4 Å². The number of hydrogen-bond donors (Lipinski definition) is 3. The molecule has 0 aliphatic carbocycles. The van der Waals surface area contributed by atoms with Crippen LogP contribution in [0.3, 0.4) is 0 Å². The second-order valence-corrected chi connectivity index (χ2v) is 8.25. The van der Waals surface area contributed by atoms with Crippen molar-refractivity contribution in [3.05, 3.63) is 45.2 Å². The summed E-state index contributed by atoms with van der Waals surface area (Å²) < 4.78 is 1.80. The quantitative estimate of drug-likeness (QED) is 0.472. The first kappa shape index (κ1) is 19.8. The third kappa shape index (κ3) is 4.91. The fourth-order valence-corrected chi connectivity index (χ4v) is 3.69. The number of rotatable bonds is 5. The normalized spacial score (nSPS) is 13.5. The predicted octanol–water partition coefficient (Wildman–Crippen LogP) is 3.71. The van der Waals surface area contributed by atoms with Gasteiger partial charge in [0.15, 0.2) is 5.82 Å². The molecule has 11 heteroatoms. The third-order valence-electron chi connectivity index (χ3n) is 4.41. The van der Waals surface area contributed by atoms with Crippen molar-refractivity contribution in [1.82, 2.24) is 30.5 Å². The second-order valence-electron chi connectivity index (χ2n) is 6.48. The summed E-state index contributed by atoms with van der Waals surface area (Å²) in [6, 6.07) is 7.26. The minimum absolute atomic E-state index is 0.199. The zero-order chi connectivity index (χ0) is 20.2. The highest BCUT2D eigenvalue weighted by atomic mass is 79.9. The van der Waals surface area contributed by atoms with Gasteiger partial charge in [-0.05, 0) is 40.9 Å². The molecule has 2 amide bonds. The van der Waals surface area contributed by atoms with Crippen molar-refractivity contribution in [3.63, 3.8) is 0 Å². The van der Waals surface area contributed by atoms with E-state index >= 15 is 0 Å². The van der Waals surface area contributed by atoms with E-state index < -0.39 is 6.03 Å². The van der Waals surface area contributed by atoms with Crippen molar-refractivity contribution in [2.24, 2.45) is 0 Å². The molecule has 1 aliphatic rings. The van der Waals surface area contributed by atoms with E-state index in [0.717, 1.165) is 46.3 Å². The number of urea groups is 1. The van der Waals surface area contributed by atoms with Crippen LogP contribution in [0.25, 0.3) is 11.4 Å². The monoisotopic (exact) mass is 520 g/mol. The van der Waals surface area contributed by atoms with E-state index in [0.29, 0.717) is 11.6 Å². The summed E-state index contributed by atoms with van der Waals surface area (Å²) in [5.41, 5.74) is 0.887. The lowest BCUT2D eigenvalue weighted by Gasteiger charge is -2.18. The number of nitrogens with zero attached hydrogens (tertiary/aromatic N) is 5. The van der Waals surface area contributed by atoms with Crippen LogP contribution >= 0.6 is 31.9 Å². The summed E-state index contributed by atoms with van der Waals surface area (Å²) in [7, 11) is 0. The van der Waals surface area contributed by atoms with E-state index in [1.807, 2.05) is 24.3 Å². The van der Waals surface area contributed by atoms with Crippen molar-refractivity contribution in [2.45, 2.75) is 19.4 Å². The average Bonchev–Trinajstić information content (AvgIpc) is 3.41. The molecular formula is C18H18Br2N8O. The van der Waals surface area contributed by atoms with Gasteiger partial charge in [-0.15, -0.1) is 0 Å². The molecule has 4 rings (SSSR count). The molecule has 1 aromatic carbocycles. The van der Waals surface area contributed by atoms with Gasteiger partial charge < -0.3 is 10.2 Å². The number of carbonyl (C=O) groups is 1. The van der Waals surface area contributed by atoms with Crippen LogP contribution in [0.2, 0.25) is 0 Å². The Morgan fingerprint density at radius 2 is 1.90 bits per heavy atom. The average molecular weight is 522 g/mol. The standard InChI is InChI=1S/C18H18Br2N8O/c19-12-5-3-11(4-6-12)15-23-14(26-27-15)10-22-18(29)25-17-21-9-13(20)16(24-17)28-7-1-2-8-28/h3-6,9H,1-2,7-8,10H2,(H,23,26,27)(H2,21,22,24,25,29). The second kappa shape index (κ2) is 8.87. The molecule has 0 unspecified atom stereocenters. The van der Waals surface area contributed by atoms with Crippen LogP contribution in [0, 0.1) is 0 Å². The topological polar surface area (TPSA) is 112 Å². The maximum atomic E-state index is 12.2. The summed E-state index contributed by atoms with van der Waals surface area (Å²) in [5, 5.41) is 12.4. The third-order valence-corrected chi connectivity index (χ3v) is 5.50. The predicted molar refractivity (Wildman–Crippen MR) is 117 cm³/mol. The van der Waals surface area contributed by atoms with Crippen molar-refractivity contribution >= 4 is 49.7 Å². The minimum Gasteiger partial charge on any atom is -0.356 e. The Bertz CT molecular complexity index is 1000. The Morgan fingerprint density at radius 1 is 1.14 bits per heavy atom. The molecule has 1 saturated heterocycles. The zero-order valence-electron chi connectivity index (χ0n) is 15.3. The van der Waals surface area contributed by atoms with Gasteiger partial charge in [-0.25, -0.2) is 14.8 Å². The minimum atomic E-state index is -0.415. The first-order valence-corrected chi connectivity index (χ1v) is 10.7. The molecule has 2 aromatic heterocycles. The molecule has 150 valence electrons. The highest BCUT2D eigenvalue weighted by Crippen LogP contribution is 2.27. The van der Waals surface area contributed by atoms with E-state index in [2.05, 4.69) is 72.5 Å². The molecule has 0 radical (unpaired) electrons. The summed E-state index contributed by atoms with van der Waals surface area (Å²) in [5.74, 6) is 2.16. The highest BCUT2D eigenvalue weighted by Gasteiger charge is 2.18. The number of amides is 2. The lowest BCUT2D eigenvalue weighted by Crippen LogP contribution is -2.30. The van der Waals surface area contributed by atoms with Gasteiger partial charge in [0.1, 0.15) is 11.6 Å². The van der Waals surface area contributed by atoms with E-state index in [1.165, 1.54) is 0 Å². The number of benzene rings is 1. The maximum absolute atomic E-state index is 12.2. The number of hydrogen-bond acceptors (Lipinski definition) is 6. The Morgan fingerprint density at radius 3 is 2.66 bits per heavy atom. The molecule has 29 heavy (non-hydrogen) atoms. The Hall–Kier alpha value is -2.53. The van der Waals surface area contributed by atoms with Crippen molar-refractivity contribution in [3.8, 4) is 11.4 Å². The Labute approximate surface area is 184 Å². The van der Waals surface area contributed by atoms with Crippen LogP contribution in [-0.4, -0.2) is 44.3 Å². The number of H-pyrrole nitrogens is 1. The van der Waals surface area contributed by atoms with E-state index in [4.69, 9.17) is 0 Å². The zero-order valence-corrected chi connectivity index (χ0v) is 18.5. The molecule has 0 saturated carbocycles. The van der Waals surface area contributed by atoms with E-state index in [9.17, 15) is 4.79 Å². The summed E-state index contributed by atoms with van der Waals surface area (Å²) >= 11 is 6.88. The van der Waals surface area contributed by atoms with Gasteiger partial charge >= 0.3 is 6.03 Å². The molecule has 0 spiro atoms. The van der Waals surface area contributed by atoms with Crippen LogP contribution in [0.5, 0.6) is 0 Å². The first-order chi connectivity index (χ1) is 14.1. The summed E-state index contributed by atoms with van der Waals surface area (Å²) in [6.07, 6.45) is 3.93. The Balaban J connectivity index is 1.35. The number of aromatic amines is 1. The molecule has 0 atom stereocenters. The molecule has 9 nitrogen and oxygen atoms in total. The number of carbonyl (C=O) groups excluding carboxylic acids is 1. The van der Waals surface area contributed by atoms with Crippen LogP contribution in [-0.2, 0) is 6.54 Å². The highest BCUT2D eigenvalue weighted by molar-refractivity contribution is 9.10. The van der Waals surface area contributed by atoms with Crippen molar-refractivity contribution in [1.29, 1.82) is 0 Å². The maximum Gasteiger partial charge on any atom is 0.321 e. The Kier molecular flexibility index (Phi) is 6.05. The smallest absolute Gasteiger partial charge is 0.321 e. The lowest BCUT2D eigenvalue weighted by atomic mass is 10.2. The van der Waals surface area contributed by atoms with Crippen LogP contribution in [0.1, 0.15) is 18.7 Å². The fraction of sp³-hybridized carbons (Fsp3) is 0.278. The summed E-state index contributed by atoms with van der Waals surface area (Å²) in [6.45, 7) is 2.10. The molecule has 3 aromatic rings. The number of anilines is 2. The first-order valence-electron chi connectivity index (χ1n) is 9.08. The van der Waals surface area contributed by atoms with E-state index in [-0.39, 0.29) is 12.5 Å². The van der Waals surface area contributed by atoms with Gasteiger partial charge in [0, 0.05) is 29.3 Å². The molecule has 1 fully saturated rings. The number of nitrogens with one attached hydrogen (secondary N) is 3. The van der Waals surface area contributed by atoms with E-state index in [1.54, 1.807) is 6.20 Å². The fourth-order valence-electron chi connectivity index (χ4n) is 2.98. The number of aromatic nitrogens is 5. The summed E-state index contributed by atoms with van der Waals surface area (Å²) in [4.78, 5) is 27.4. The molecular weight excluding hydrogens is 504 g/mol. The molecule has 3 N–H and O–H groups in total. The van der Waals surface area contributed by atoms with Crippen LogP contribution < -0.4 is 15.5 Å². The van der Waals surface area contributed by atoms with Crippen LogP contribution in [0.4, 0.5) is 16.6 Å². The number of halogens is 2. The van der Waals surface area contributed by atoms with Gasteiger partial charge in [-0.1, -0.05) is 28.1 Å². The lowest BCUT2D eigenvalue weighted by molar-refractivity contribution is 0.251. The van der Waals surface area contributed by atoms with Gasteiger partial charge in [0.2, 0.25) is 5.95 Å². The van der Waals surface area contributed by atoms with Crippen molar-refractivity contribution in [2.75, 3.05) is 23.3 Å². The van der Waals surface area contributed by atoms with Gasteiger partial charge in [0.25, 0.3) is 0 Å².